The van der Waals surface area contributed by atoms with Gasteiger partial charge in [-0.2, -0.15) is 0 Å². The van der Waals surface area contributed by atoms with Crippen molar-refractivity contribution in [2.45, 2.75) is 25.0 Å². The molecule has 90 valence electrons. The highest BCUT2D eigenvalue weighted by Crippen LogP contribution is 2.14. The Hall–Kier alpha value is 0.350. The molecule has 0 aliphatic carbocycles. The first kappa shape index (κ1) is 13.4. The largest absolute Gasteiger partial charge is 0.381 e. The van der Waals surface area contributed by atoms with E-state index < -0.39 is 10.0 Å². The molecule has 1 saturated heterocycles. The van der Waals surface area contributed by atoms with E-state index in [1.165, 1.54) is 0 Å². The van der Waals surface area contributed by atoms with E-state index >= 15 is 0 Å². The van der Waals surface area contributed by atoms with Gasteiger partial charge in [-0.3, -0.25) is 0 Å². The average Bonchev–Trinajstić information content (AvgIpc) is 2.27. The average molecular weight is 300 g/mol. The molecule has 1 heterocycles. The molecule has 0 amide bonds. The molecule has 0 spiro atoms. The lowest BCUT2D eigenvalue weighted by Gasteiger charge is -2.23. The van der Waals surface area contributed by atoms with Gasteiger partial charge < -0.3 is 4.74 Å². The highest BCUT2D eigenvalue weighted by Gasteiger charge is 2.27. The van der Waals surface area contributed by atoms with Gasteiger partial charge in [0.25, 0.3) is 0 Å². The van der Waals surface area contributed by atoms with Crippen molar-refractivity contribution in [2.75, 3.05) is 25.1 Å². The number of ether oxygens (including phenoxy) is 1. The van der Waals surface area contributed by atoms with Gasteiger partial charge in [-0.15, -0.1) is 0 Å². The molecular formula is C9H18BrNO3S. The molecule has 0 aromatic rings. The standard InChI is InChI=1S/C9H18BrNO3S/c1-8(6-10)7-11-15(12,13)9-2-4-14-5-3-9/h8-9,11H,2-7H2,1H3. The topological polar surface area (TPSA) is 55.4 Å². The normalized spacial score (nSPS) is 21.5. The molecule has 1 aliphatic heterocycles. The van der Waals surface area contributed by atoms with Gasteiger partial charge in [-0.1, -0.05) is 22.9 Å². The van der Waals surface area contributed by atoms with Crippen LogP contribution >= 0.6 is 15.9 Å². The van der Waals surface area contributed by atoms with E-state index in [1.807, 2.05) is 6.92 Å². The minimum absolute atomic E-state index is 0.270. The smallest absolute Gasteiger partial charge is 0.214 e. The Labute approximate surface area is 99.9 Å². The Morgan fingerprint density at radius 2 is 2.07 bits per heavy atom. The molecule has 1 atom stereocenters. The molecule has 1 unspecified atom stereocenters. The zero-order valence-corrected chi connectivity index (χ0v) is 11.3. The zero-order valence-electron chi connectivity index (χ0n) is 8.91. The van der Waals surface area contributed by atoms with Crippen molar-refractivity contribution in [1.82, 2.24) is 4.72 Å². The van der Waals surface area contributed by atoms with Crippen molar-refractivity contribution in [1.29, 1.82) is 0 Å². The Morgan fingerprint density at radius 1 is 1.47 bits per heavy atom. The number of halogens is 1. The van der Waals surface area contributed by atoms with Gasteiger partial charge in [0.05, 0.1) is 5.25 Å². The lowest BCUT2D eigenvalue weighted by Crippen LogP contribution is -2.39. The fourth-order valence-corrected chi connectivity index (χ4v) is 3.21. The molecule has 4 nitrogen and oxygen atoms in total. The van der Waals surface area contributed by atoms with Crippen LogP contribution in [0, 0.1) is 5.92 Å². The van der Waals surface area contributed by atoms with E-state index in [2.05, 4.69) is 20.7 Å². The van der Waals surface area contributed by atoms with Crippen LogP contribution in [0.15, 0.2) is 0 Å². The van der Waals surface area contributed by atoms with E-state index in [9.17, 15) is 8.42 Å². The van der Waals surface area contributed by atoms with E-state index in [-0.39, 0.29) is 5.25 Å². The first-order valence-corrected chi connectivity index (χ1v) is 7.85. The second-order valence-electron chi connectivity index (χ2n) is 3.96. The Kier molecular flexibility index (Phi) is 5.52. The molecule has 1 rings (SSSR count). The SMILES string of the molecule is CC(CBr)CNS(=O)(=O)C1CCOCC1. The summed E-state index contributed by atoms with van der Waals surface area (Å²) in [5.74, 6) is 0.319. The van der Waals surface area contributed by atoms with Gasteiger partial charge in [0.15, 0.2) is 0 Å². The molecule has 15 heavy (non-hydrogen) atoms. The van der Waals surface area contributed by atoms with Crippen molar-refractivity contribution >= 4 is 26.0 Å². The third kappa shape index (κ3) is 4.38. The highest BCUT2D eigenvalue weighted by atomic mass is 79.9. The highest BCUT2D eigenvalue weighted by molar-refractivity contribution is 9.09. The van der Waals surface area contributed by atoms with Gasteiger partial charge in [-0.25, -0.2) is 13.1 Å². The molecule has 1 fully saturated rings. The summed E-state index contributed by atoms with van der Waals surface area (Å²) in [4.78, 5) is 0. The zero-order chi connectivity index (χ0) is 11.3. The van der Waals surface area contributed by atoms with Crippen molar-refractivity contribution in [3.8, 4) is 0 Å². The Balaban J connectivity index is 2.43. The van der Waals surface area contributed by atoms with Gasteiger partial charge in [0.1, 0.15) is 0 Å². The minimum atomic E-state index is -3.14. The van der Waals surface area contributed by atoms with Crippen LogP contribution in [-0.4, -0.2) is 38.8 Å². The summed E-state index contributed by atoms with van der Waals surface area (Å²) in [7, 11) is -3.14. The van der Waals surface area contributed by atoms with Crippen LogP contribution in [0.4, 0.5) is 0 Å². The van der Waals surface area contributed by atoms with Gasteiger partial charge >= 0.3 is 0 Å². The minimum Gasteiger partial charge on any atom is -0.381 e. The monoisotopic (exact) mass is 299 g/mol. The molecule has 0 saturated carbocycles. The molecule has 0 radical (unpaired) electrons. The first-order chi connectivity index (χ1) is 7.06. The van der Waals surface area contributed by atoms with Gasteiger partial charge in [0, 0.05) is 25.1 Å². The van der Waals surface area contributed by atoms with Gasteiger partial charge in [0.2, 0.25) is 10.0 Å². The van der Waals surface area contributed by atoms with E-state index in [0.717, 1.165) is 5.33 Å². The van der Waals surface area contributed by atoms with Crippen molar-refractivity contribution in [2.24, 2.45) is 5.92 Å². The number of hydrogen-bond acceptors (Lipinski definition) is 3. The predicted octanol–water partition coefficient (Wildman–Crippen LogP) is 1.12. The Morgan fingerprint density at radius 3 is 2.60 bits per heavy atom. The van der Waals surface area contributed by atoms with E-state index in [0.29, 0.717) is 38.5 Å². The molecule has 6 heteroatoms. The summed E-state index contributed by atoms with van der Waals surface area (Å²) >= 11 is 3.32. The van der Waals surface area contributed by atoms with Crippen molar-refractivity contribution < 1.29 is 13.2 Å². The second kappa shape index (κ2) is 6.18. The summed E-state index contributed by atoms with van der Waals surface area (Å²) < 4.78 is 31.5. The summed E-state index contributed by atoms with van der Waals surface area (Å²) in [5, 5.41) is 0.539. The predicted molar refractivity (Wildman–Crippen MR) is 63.7 cm³/mol. The molecule has 0 aromatic carbocycles. The maximum Gasteiger partial charge on any atom is 0.214 e. The van der Waals surface area contributed by atoms with Crippen LogP contribution < -0.4 is 4.72 Å². The molecule has 0 aromatic heterocycles. The van der Waals surface area contributed by atoms with Crippen LogP contribution in [0.5, 0.6) is 0 Å². The fraction of sp³-hybridized carbons (Fsp3) is 1.00. The quantitative estimate of drug-likeness (QED) is 0.774. The lowest BCUT2D eigenvalue weighted by molar-refractivity contribution is 0.0981. The summed E-state index contributed by atoms with van der Waals surface area (Å²) in [6.45, 7) is 3.62. The number of alkyl halides is 1. The first-order valence-electron chi connectivity index (χ1n) is 5.18. The molecular weight excluding hydrogens is 282 g/mol. The third-order valence-electron chi connectivity index (χ3n) is 2.50. The van der Waals surface area contributed by atoms with Crippen molar-refractivity contribution in [3.05, 3.63) is 0 Å². The van der Waals surface area contributed by atoms with Gasteiger partial charge in [-0.05, 0) is 18.8 Å². The van der Waals surface area contributed by atoms with Crippen LogP contribution in [0.1, 0.15) is 19.8 Å². The van der Waals surface area contributed by atoms with E-state index in [4.69, 9.17) is 4.74 Å². The fourth-order valence-electron chi connectivity index (χ4n) is 1.42. The van der Waals surface area contributed by atoms with Crippen LogP contribution in [0.3, 0.4) is 0 Å². The third-order valence-corrected chi connectivity index (χ3v) is 5.53. The number of nitrogens with one attached hydrogen (secondary N) is 1. The summed E-state index contributed by atoms with van der Waals surface area (Å²) in [6.07, 6.45) is 1.22. The molecule has 0 bridgehead atoms. The number of sulfonamides is 1. The van der Waals surface area contributed by atoms with Crippen LogP contribution in [0.2, 0.25) is 0 Å². The summed E-state index contributed by atoms with van der Waals surface area (Å²) in [5.41, 5.74) is 0. The summed E-state index contributed by atoms with van der Waals surface area (Å²) in [6, 6.07) is 0. The number of rotatable bonds is 5. The lowest BCUT2D eigenvalue weighted by atomic mass is 10.2. The van der Waals surface area contributed by atoms with Crippen LogP contribution in [0.25, 0.3) is 0 Å². The Bertz CT molecular complexity index is 275. The molecule has 1 aliphatic rings. The molecule has 1 N–H and O–H groups in total. The van der Waals surface area contributed by atoms with E-state index in [1.54, 1.807) is 0 Å². The second-order valence-corrected chi connectivity index (χ2v) is 6.66. The van der Waals surface area contributed by atoms with Crippen molar-refractivity contribution in [3.63, 3.8) is 0 Å². The maximum atomic E-state index is 11.8. The maximum absolute atomic E-state index is 11.8. The number of hydrogen-bond donors (Lipinski definition) is 1. The van der Waals surface area contributed by atoms with Crippen LogP contribution in [-0.2, 0) is 14.8 Å².